The minimum absolute atomic E-state index is 0.469. The molecule has 0 saturated heterocycles. The van der Waals surface area contributed by atoms with E-state index in [0.29, 0.717) is 6.42 Å². The van der Waals surface area contributed by atoms with Crippen LogP contribution in [0.15, 0.2) is 72.8 Å². The molecule has 1 aromatic heterocycles. The van der Waals surface area contributed by atoms with Crippen molar-refractivity contribution in [3.05, 3.63) is 84.0 Å². The van der Waals surface area contributed by atoms with Crippen LogP contribution in [0.5, 0.6) is 0 Å². The molecule has 6 heteroatoms. The number of amides is 1. The zero-order valence-electron chi connectivity index (χ0n) is 24.6. The number of carbonyl (C=O) groups is 1. The van der Waals surface area contributed by atoms with E-state index >= 15 is 0 Å². The smallest absolute Gasteiger partial charge is 0.405 e. The predicted octanol–water partition coefficient (Wildman–Crippen LogP) is 9.12. The topological polar surface area (TPSA) is 83.0 Å². The standard InChI is InChI=1S/C35H46N4O2/c1-2-3-4-5-6-7-8-9-10-11-12-13-14-15-16-21-26-39-34-31-25-20-19-24-30(31)32(41-35(36)40)27-28-22-17-18-23-29(28)33(34)37-38-39/h6-7,9-10,17-20,22-25,32H,2-5,8,11-16,21,26-27H2,1H3,(H2,36,40)/b7-6-,10-9-. The second kappa shape index (κ2) is 16.6. The fourth-order valence-corrected chi connectivity index (χ4v) is 5.65. The second-order valence-corrected chi connectivity index (χ2v) is 11.0. The van der Waals surface area contributed by atoms with E-state index in [1.165, 1.54) is 64.2 Å². The van der Waals surface area contributed by atoms with E-state index < -0.39 is 12.2 Å². The summed E-state index contributed by atoms with van der Waals surface area (Å²) < 4.78 is 7.65. The van der Waals surface area contributed by atoms with Crippen LogP contribution in [0.2, 0.25) is 0 Å². The summed E-state index contributed by atoms with van der Waals surface area (Å²) in [6.45, 7) is 3.05. The minimum atomic E-state index is -0.768. The van der Waals surface area contributed by atoms with Gasteiger partial charge >= 0.3 is 6.09 Å². The van der Waals surface area contributed by atoms with Gasteiger partial charge < -0.3 is 10.5 Å². The van der Waals surface area contributed by atoms with E-state index in [2.05, 4.69) is 59.7 Å². The molecule has 0 aliphatic heterocycles. The lowest BCUT2D eigenvalue weighted by atomic mass is 9.87. The predicted molar refractivity (Wildman–Crippen MR) is 167 cm³/mol. The number of unbranched alkanes of at least 4 members (excludes halogenated alkanes) is 9. The number of aryl methyl sites for hydroxylation is 1. The average Bonchev–Trinajstić information content (AvgIpc) is 3.39. The van der Waals surface area contributed by atoms with Crippen molar-refractivity contribution in [3.63, 3.8) is 0 Å². The maximum Gasteiger partial charge on any atom is 0.405 e. The van der Waals surface area contributed by atoms with Gasteiger partial charge in [-0.1, -0.05) is 123 Å². The van der Waals surface area contributed by atoms with Gasteiger partial charge in [0.2, 0.25) is 0 Å². The summed E-state index contributed by atoms with van der Waals surface area (Å²) in [6.07, 6.45) is 23.2. The van der Waals surface area contributed by atoms with Crippen LogP contribution in [0.3, 0.4) is 0 Å². The third-order valence-corrected chi connectivity index (χ3v) is 7.80. The van der Waals surface area contributed by atoms with E-state index in [-0.39, 0.29) is 0 Å². The number of rotatable bonds is 16. The lowest BCUT2D eigenvalue weighted by Gasteiger charge is -2.24. The second-order valence-electron chi connectivity index (χ2n) is 11.0. The van der Waals surface area contributed by atoms with Gasteiger partial charge in [0.25, 0.3) is 0 Å². The lowest BCUT2D eigenvalue weighted by Crippen LogP contribution is -2.20. The van der Waals surface area contributed by atoms with Crippen LogP contribution in [0.25, 0.3) is 22.5 Å². The van der Waals surface area contributed by atoms with Gasteiger partial charge in [0.15, 0.2) is 0 Å². The van der Waals surface area contributed by atoms with Gasteiger partial charge in [-0.05, 0) is 44.1 Å². The Bertz CT molecular complexity index is 1290. The molecule has 41 heavy (non-hydrogen) atoms. The maximum absolute atomic E-state index is 11.8. The first kappa shape index (κ1) is 30.3. The van der Waals surface area contributed by atoms with Gasteiger partial charge in [-0.3, -0.25) is 0 Å². The molecule has 218 valence electrons. The quantitative estimate of drug-likeness (QED) is 0.141. The van der Waals surface area contributed by atoms with Crippen molar-refractivity contribution in [2.24, 2.45) is 5.73 Å². The molecule has 0 spiro atoms. The van der Waals surface area contributed by atoms with Crippen molar-refractivity contribution in [1.82, 2.24) is 15.0 Å². The number of ether oxygens (including phenoxy) is 1. The highest BCUT2D eigenvalue weighted by atomic mass is 16.6. The van der Waals surface area contributed by atoms with Crippen molar-refractivity contribution in [2.75, 3.05) is 0 Å². The average molecular weight is 555 g/mol. The zero-order valence-corrected chi connectivity index (χ0v) is 24.6. The largest absolute Gasteiger partial charge is 0.441 e. The van der Waals surface area contributed by atoms with Crippen molar-refractivity contribution in [1.29, 1.82) is 0 Å². The summed E-state index contributed by atoms with van der Waals surface area (Å²) in [5.41, 5.74) is 11.4. The highest BCUT2D eigenvalue weighted by Gasteiger charge is 2.29. The summed E-state index contributed by atoms with van der Waals surface area (Å²) in [4.78, 5) is 11.8. The Morgan fingerprint density at radius 3 is 2.29 bits per heavy atom. The molecule has 0 fully saturated rings. The van der Waals surface area contributed by atoms with Gasteiger partial charge in [0.1, 0.15) is 11.8 Å². The highest BCUT2D eigenvalue weighted by molar-refractivity contribution is 5.82. The Morgan fingerprint density at radius 2 is 1.54 bits per heavy atom. The molecule has 3 aromatic rings. The fraction of sp³-hybridized carbons (Fsp3) is 0.457. The molecule has 0 saturated carbocycles. The Morgan fingerprint density at radius 1 is 0.878 bits per heavy atom. The molecule has 1 amide bonds. The van der Waals surface area contributed by atoms with Gasteiger partial charge in [-0.2, -0.15) is 0 Å². The van der Waals surface area contributed by atoms with Crippen LogP contribution in [0, 0.1) is 0 Å². The number of benzene rings is 2. The Balaban J connectivity index is 1.29. The van der Waals surface area contributed by atoms with Crippen LogP contribution < -0.4 is 5.73 Å². The molecule has 1 aliphatic rings. The zero-order chi connectivity index (χ0) is 28.7. The number of hydrogen-bond donors (Lipinski definition) is 1. The van der Waals surface area contributed by atoms with Crippen LogP contribution in [-0.4, -0.2) is 21.1 Å². The SMILES string of the molecule is CCCCC/C=C\C/C=C\CCCCCCCCn1nnc2c1-c1ccccc1C(OC(N)=O)Cc1ccccc1-2. The molecular formula is C35H46N4O2. The number of allylic oxidation sites excluding steroid dienone is 4. The molecule has 2 N–H and O–H groups in total. The molecule has 0 radical (unpaired) electrons. The summed E-state index contributed by atoms with van der Waals surface area (Å²) in [5, 5.41) is 9.24. The van der Waals surface area contributed by atoms with Crippen molar-refractivity contribution < 1.29 is 9.53 Å². The van der Waals surface area contributed by atoms with Gasteiger partial charge in [0.05, 0.1) is 5.69 Å². The van der Waals surface area contributed by atoms with E-state index in [4.69, 9.17) is 10.5 Å². The molecule has 4 rings (SSSR count). The number of primary amides is 1. The van der Waals surface area contributed by atoms with E-state index in [0.717, 1.165) is 53.0 Å². The van der Waals surface area contributed by atoms with Crippen LogP contribution in [0.1, 0.15) is 101 Å². The number of nitrogens with zero attached hydrogens (tertiary/aromatic N) is 3. The highest BCUT2D eigenvalue weighted by Crippen LogP contribution is 2.41. The normalized spacial score (nSPS) is 14.4. The van der Waals surface area contributed by atoms with E-state index in [1.54, 1.807) is 0 Å². The molecule has 1 heterocycles. The first-order chi connectivity index (χ1) is 20.2. The van der Waals surface area contributed by atoms with Crippen molar-refractivity contribution in [2.45, 2.75) is 103 Å². The van der Waals surface area contributed by atoms with Gasteiger partial charge in [0, 0.05) is 29.7 Å². The molecule has 2 aromatic carbocycles. The first-order valence-corrected chi connectivity index (χ1v) is 15.6. The van der Waals surface area contributed by atoms with E-state index in [1.807, 2.05) is 35.0 Å². The van der Waals surface area contributed by atoms with Crippen LogP contribution >= 0.6 is 0 Å². The third kappa shape index (κ3) is 8.91. The minimum Gasteiger partial charge on any atom is -0.441 e. The molecule has 1 aliphatic carbocycles. The lowest BCUT2D eigenvalue weighted by molar-refractivity contribution is 0.107. The molecule has 0 bridgehead atoms. The van der Waals surface area contributed by atoms with Crippen molar-refractivity contribution >= 4 is 6.09 Å². The third-order valence-electron chi connectivity index (χ3n) is 7.80. The van der Waals surface area contributed by atoms with Crippen LogP contribution in [0.4, 0.5) is 4.79 Å². The molecule has 6 nitrogen and oxygen atoms in total. The number of fused-ring (bicyclic) bond motifs is 5. The molecule has 1 atom stereocenters. The first-order valence-electron chi connectivity index (χ1n) is 15.6. The van der Waals surface area contributed by atoms with Gasteiger partial charge in [-0.15, -0.1) is 5.10 Å². The molecular weight excluding hydrogens is 508 g/mol. The van der Waals surface area contributed by atoms with Gasteiger partial charge in [-0.25, -0.2) is 9.48 Å². The summed E-state index contributed by atoms with van der Waals surface area (Å²) >= 11 is 0. The Kier molecular flexibility index (Phi) is 12.2. The summed E-state index contributed by atoms with van der Waals surface area (Å²) in [6, 6.07) is 16.2. The number of carbonyl (C=O) groups excluding carboxylic acids is 1. The summed E-state index contributed by atoms with van der Waals surface area (Å²) in [7, 11) is 0. The Hall–Kier alpha value is -3.67. The maximum atomic E-state index is 11.8. The summed E-state index contributed by atoms with van der Waals surface area (Å²) in [5.74, 6) is 0. The number of aromatic nitrogens is 3. The van der Waals surface area contributed by atoms with Crippen molar-refractivity contribution in [3.8, 4) is 22.5 Å². The monoisotopic (exact) mass is 554 g/mol. The van der Waals surface area contributed by atoms with E-state index in [9.17, 15) is 4.79 Å². The Labute approximate surface area is 245 Å². The number of hydrogen-bond acceptors (Lipinski definition) is 4. The van der Waals surface area contributed by atoms with Crippen LogP contribution in [-0.2, 0) is 17.7 Å². The number of nitrogens with two attached hydrogens (primary N) is 1. The fourth-order valence-electron chi connectivity index (χ4n) is 5.65. The molecule has 1 unspecified atom stereocenters.